The molecule has 0 amide bonds. The summed E-state index contributed by atoms with van der Waals surface area (Å²) >= 11 is 11.6. The predicted molar refractivity (Wildman–Crippen MR) is 82.9 cm³/mol. The maximum atomic E-state index is 12.3. The summed E-state index contributed by atoms with van der Waals surface area (Å²) in [6, 6.07) is 9.11. The molecule has 0 aliphatic carbocycles. The lowest BCUT2D eigenvalue weighted by Crippen LogP contribution is -2.14. The highest BCUT2D eigenvalue weighted by molar-refractivity contribution is 7.92. The molecule has 3 N–H and O–H groups in total. The Labute approximate surface area is 127 Å². The molecule has 7 heteroatoms. The molecule has 0 aliphatic heterocycles. The van der Waals surface area contributed by atoms with E-state index in [1.165, 1.54) is 18.2 Å². The van der Waals surface area contributed by atoms with Gasteiger partial charge in [0.25, 0.3) is 10.0 Å². The molecule has 2 rings (SSSR count). The van der Waals surface area contributed by atoms with Crippen LogP contribution in [0.15, 0.2) is 41.3 Å². The van der Waals surface area contributed by atoms with Crippen LogP contribution in [0, 0.1) is 6.92 Å². The lowest BCUT2D eigenvalue weighted by Gasteiger charge is -2.11. The van der Waals surface area contributed by atoms with Gasteiger partial charge in [-0.1, -0.05) is 29.3 Å². The van der Waals surface area contributed by atoms with Gasteiger partial charge in [-0.2, -0.15) is 0 Å². The van der Waals surface area contributed by atoms with E-state index in [2.05, 4.69) is 4.72 Å². The quantitative estimate of drug-likeness (QED) is 0.843. The molecular weight excluding hydrogens is 319 g/mol. The van der Waals surface area contributed by atoms with Gasteiger partial charge >= 0.3 is 0 Å². The van der Waals surface area contributed by atoms with Crippen LogP contribution in [0.5, 0.6) is 0 Å². The molecule has 0 saturated heterocycles. The van der Waals surface area contributed by atoms with Crippen molar-refractivity contribution in [3.63, 3.8) is 0 Å². The number of halogens is 2. The third-order valence-corrected chi connectivity index (χ3v) is 4.43. The molecule has 4 nitrogen and oxygen atoms in total. The summed E-state index contributed by atoms with van der Waals surface area (Å²) in [5, 5.41) is 0.504. The van der Waals surface area contributed by atoms with Crippen LogP contribution in [0.2, 0.25) is 10.0 Å². The molecule has 2 aromatic carbocycles. The normalized spacial score (nSPS) is 11.3. The van der Waals surface area contributed by atoms with Crippen LogP contribution in [0.1, 0.15) is 5.56 Å². The number of hydrogen-bond donors (Lipinski definition) is 2. The standard InChI is InChI=1S/C13H12Cl2N2O2S/c1-8-2-3-11(16)7-13(8)17-20(18,19)12-5-9(14)4-10(15)6-12/h2-7,17H,16H2,1H3. The van der Waals surface area contributed by atoms with Crippen molar-refractivity contribution in [1.82, 2.24) is 0 Å². The summed E-state index contributed by atoms with van der Waals surface area (Å²) in [6.45, 7) is 1.78. The average molecular weight is 331 g/mol. The number of sulfonamides is 1. The molecule has 106 valence electrons. The van der Waals surface area contributed by atoms with E-state index < -0.39 is 10.0 Å². The average Bonchev–Trinajstić information content (AvgIpc) is 2.32. The zero-order valence-corrected chi connectivity index (χ0v) is 12.9. The van der Waals surface area contributed by atoms with Gasteiger partial charge < -0.3 is 5.73 Å². The number of aryl methyl sites for hydroxylation is 1. The Morgan fingerprint density at radius 2 is 1.65 bits per heavy atom. The Morgan fingerprint density at radius 3 is 2.25 bits per heavy atom. The van der Waals surface area contributed by atoms with Gasteiger partial charge in [0.2, 0.25) is 0 Å². The molecule has 0 unspecified atom stereocenters. The van der Waals surface area contributed by atoms with Crippen molar-refractivity contribution in [3.8, 4) is 0 Å². The second-order valence-corrected chi connectivity index (χ2v) is 6.84. The number of nitrogen functional groups attached to an aromatic ring is 1. The van der Waals surface area contributed by atoms with E-state index >= 15 is 0 Å². The maximum Gasteiger partial charge on any atom is 0.262 e. The number of anilines is 2. The van der Waals surface area contributed by atoms with Gasteiger partial charge in [0, 0.05) is 15.7 Å². The van der Waals surface area contributed by atoms with E-state index in [4.69, 9.17) is 28.9 Å². The van der Waals surface area contributed by atoms with Crippen molar-refractivity contribution >= 4 is 44.6 Å². The van der Waals surface area contributed by atoms with Crippen molar-refractivity contribution in [2.24, 2.45) is 0 Å². The first kappa shape index (κ1) is 15.0. The first-order valence-corrected chi connectivity index (χ1v) is 7.87. The van der Waals surface area contributed by atoms with Crippen LogP contribution in [0.25, 0.3) is 0 Å². The number of nitrogens with two attached hydrogens (primary N) is 1. The zero-order chi connectivity index (χ0) is 14.9. The molecule has 0 atom stereocenters. The smallest absolute Gasteiger partial charge is 0.262 e. The first-order valence-electron chi connectivity index (χ1n) is 5.63. The van der Waals surface area contributed by atoms with Gasteiger partial charge in [-0.05, 0) is 42.8 Å². The summed E-state index contributed by atoms with van der Waals surface area (Å²) in [7, 11) is -3.77. The highest BCUT2D eigenvalue weighted by Gasteiger charge is 2.16. The number of hydrogen-bond acceptors (Lipinski definition) is 3. The van der Waals surface area contributed by atoms with Gasteiger partial charge in [0.05, 0.1) is 10.6 Å². The van der Waals surface area contributed by atoms with Gasteiger partial charge in [-0.15, -0.1) is 0 Å². The fraction of sp³-hybridized carbons (Fsp3) is 0.0769. The van der Waals surface area contributed by atoms with Gasteiger partial charge in [-0.3, -0.25) is 4.72 Å². The lowest BCUT2D eigenvalue weighted by atomic mass is 10.2. The molecule has 0 aliphatic rings. The fourth-order valence-corrected chi connectivity index (χ4v) is 3.48. The molecule has 0 bridgehead atoms. The minimum absolute atomic E-state index is 0.00294. The SMILES string of the molecule is Cc1ccc(N)cc1NS(=O)(=O)c1cc(Cl)cc(Cl)c1. The van der Waals surface area contributed by atoms with Crippen LogP contribution < -0.4 is 10.5 Å². The monoisotopic (exact) mass is 330 g/mol. The molecule has 0 spiro atoms. The van der Waals surface area contributed by atoms with Crippen LogP contribution >= 0.6 is 23.2 Å². The Morgan fingerprint density at radius 1 is 1.05 bits per heavy atom. The van der Waals surface area contributed by atoms with Crippen LogP contribution in [-0.2, 0) is 10.0 Å². The molecule has 0 aromatic heterocycles. The molecule has 20 heavy (non-hydrogen) atoms. The Hall–Kier alpha value is -1.43. The lowest BCUT2D eigenvalue weighted by molar-refractivity contribution is 0.601. The molecule has 0 saturated carbocycles. The van der Waals surface area contributed by atoms with Crippen molar-refractivity contribution in [3.05, 3.63) is 52.0 Å². The molecule has 0 fully saturated rings. The molecule has 2 aromatic rings. The van der Waals surface area contributed by atoms with Gasteiger partial charge in [0.1, 0.15) is 0 Å². The van der Waals surface area contributed by atoms with Crippen molar-refractivity contribution < 1.29 is 8.42 Å². The number of nitrogens with one attached hydrogen (secondary N) is 1. The highest BCUT2D eigenvalue weighted by atomic mass is 35.5. The Bertz CT molecular complexity index is 741. The van der Waals surface area contributed by atoms with E-state index in [1.54, 1.807) is 25.1 Å². The fourth-order valence-electron chi connectivity index (χ4n) is 1.64. The van der Waals surface area contributed by atoms with Crippen LogP contribution in [0.4, 0.5) is 11.4 Å². The van der Waals surface area contributed by atoms with Crippen LogP contribution in [0.3, 0.4) is 0 Å². The van der Waals surface area contributed by atoms with Gasteiger partial charge in [-0.25, -0.2) is 8.42 Å². The summed E-state index contributed by atoms with van der Waals surface area (Å²) in [5.41, 5.74) is 7.30. The Balaban J connectivity index is 2.43. The minimum Gasteiger partial charge on any atom is -0.399 e. The maximum absolute atomic E-state index is 12.3. The van der Waals surface area contributed by atoms with E-state index in [0.717, 1.165) is 5.56 Å². The topological polar surface area (TPSA) is 72.2 Å². The van der Waals surface area contributed by atoms with E-state index in [0.29, 0.717) is 11.4 Å². The Kier molecular flexibility index (Phi) is 4.13. The predicted octanol–water partition coefficient (Wildman–Crippen LogP) is 3.68. The molecule has 0 radical (unpaired) electrons. The van der Waals surface area contributed by atoms with E-state index in [1.807, 2.05) is 0 Å². The largest absolute Gasteiger partial charge is 0.399 e. The first-order chi connectivity index (χ1) is 9.28. The minimum atomic E-state index is -3.77. The third kappa shape index (κ3) is 3.36. The number of benzene rings is 2. The number of rotatable bonds is 3. The summed E-state index contributed by atoms with van der Waals surface area (Å²) in [6.07, 6.45) is 0. The van der Waals surface area contributed by atoms with Crippen molar-refractivity contribution in [1.29, 1.82) is 0 Å². The summed E-state index contributed by atoms with van der Waals surface area (Å²) < 4.78 is 27.1. The summed E-state index contributed by atoms with van der Waals surface area (Å²) in [4.78, 5) is -0.00294. The van der Waals surface area contributed by atoms with Crippen molar-refractivity contribution in [2.75, 3.05) is 10.5 Å². The second kappa shape index (κ2) is 5.52. The highest BCUT2D eigenvalue weighted by Crippen LogP contribution is 2.26. The van der Waals surface area contributed by atoms with E-state index in [-0.39, 0.29) is 14.9 Å². The summed E-state index contributed by atoms with van der Waals surface area (Å²) in [5.74, 6) is 0. The van der Waals surface area contributed by atoms with E-state index in [9.17, 15) is 8.42 Å². The second-order valence-electron chi connectivity index (χ2n) is 4.29. The van der Waals surface area contributed by atoms with Crippen LogP contribution in [-0.4, -0.2) is 8.42 Å². The molecular formula is C13H12Cl2N2O2S. The molecule has 0 heterocycles. The van der Waals surface area contributed by atoms with Crippen molar-refractivity contribution in [2.45, 2.75) is 11.8 Å². The zero-order valence-electron chi connectivity index (χ0n) is 10.5. The third-order valence-electron chi connectivity index (χ3n) is 2.65. The van der Waals surface area contributed by atoms with Gasteiger partial charge in [0.15, 0.2) is 0 Å².